The van der Waals surface area contributed by atoms with Crippen molar-refractivity contribution in [1.29, 1.82) is 0 Å². The highest BCUT2D eigenvalue weighted by Gasteiger charge is 2.39. The molecule has 2 aliphatic heterocycles. The molecule has 6 heteroatoms. The minimum atomic E-state index is -0.828. The number of rotatable bonds is 1. The molecule has 2 heterocycles. The van der Waals surface area contributed by atoms with Crippen molar-refractivity contribution >= 4 is 12.0 Å². The molecule has 0 saturated carbocycles. The number of carbonyl (C=O) groups is 2. The fourth-order valence-electron chi connectivity index (χ4n) is 2.95. The van der Waals surface area contributed by atoms with Gasteiger partial charge in [-0.2, -0.15) is 0 Å². The zero-order valence-corrected chi connectivity index (χ0v) is 11.5. The van der Waals surface area contributed by atoms with Crippen molar-refractivity contribution in [2.24, 2.45) is 17.8 Å². The highest BCUT2D eigenvalue weighted by atomic mass is 16.4. The van der Waals surface area contributed by atoms with Crippen LogP contribution in [0.15, 0.2) is 0 Å². The Morgan fingerprint density at radius 1 is 1.05 bits per heavy atom. The lowest BCUT2D eigenvalue weighted by atomic mass is 9.97. The van der Waals surface area contributed by atoms with Gasteiger partial charge in [-0.05, 0) is 18.3 Å². The van der Waals surface area contributed by atoms with Crippen LogP contribution in [0.5, 0.6) is 0 Å². The Kier molecular flexibility index (Phi) is 3.99. The second-order valence-electron chi connectivity index (χ2n) is 5.89. The van der Waals surface area contributed by atoms with Gasteiger partial charge in [0.05, 0.1) is 12.0 Å². The summed E-state index contributed by atoms with van der Waals surface area (Å²) >= 11 is 0. The molecule has 2 rings (SSSR count). The number of aliphatic hydroxyl groups is 1. The molecule has 0 spiro atoms. The molecule has 0 bridgehead atoms. The summed E-state index contributed by atoms with van der Waals surface area (Å²) in [6.45, 7) is 5.69. The maximum atomic E-state index is 12.3. The van der Waals surface area contributed by atoms with E-state index in [0.717, 1.165) is 0 Å². The molecule has 108 valence electrons. The normalized spacial score (nSPS) is 35.5. The van der Waals surface area contributed by atoms with Gasteiger partial charge in [-0.25, -0.2) is 4.79 Å². The minimum Gasteiger partial charge on any atom is -0.481 e. The number of likely N-dealkylation sites (tertiary alicyclic amines) is 2. The Morgan fingerprint density at radius 3 is 2.21 bits per heavy atom. The molecule has 2 amide bonds. The molecule has 2 N–H and O–H groups in total. The number of hydrogen-bond acceptors (Lipinski definition) is 3. The summed E-state index contributed by atoms with van der Waals surface area (Å²) in [5.74, 6) is -1.22. The number of urea groups is 1. The largest absolute Gasteiger partial charge is 0.481 e. The Balaban J connectivity index is 1.96. The van der Waals surface area contributed by atoms with Crippen LogP contribution < -0.4 is 0 Å². The van der Waals surface area contributed by atoms with Crippen molar-refractivity contribution in [2.75, 3.05) is 26.2 Å². The van der Waals surface area contributed by atoms with Gasteiger partial charge in [0.1, 0.15) is 0 Å². The van der Waals surface area contributed by atoms with E-state index < -0.39 is 11.9 Å². The quantitative estimate of drug-likeness (QED) is 0.725. The molecular weight excluding hydrogens is 248 g/mol. The number of carbonyl (C=O) groups excluding carboxylic acids is 1. The SMILES string of the molecule is CC1CN(C(=O)N2CC(C)C(C(=O)O)C2)CCC1O. The second kappa shape index (κ2) is 5.36. The number of amides is 2. The van der Waals surface area contributed by atoms with Crippen LogP contribution in [0.1, 0.15) is 20.3 Å². The van der Waals surface area contributed by atoms with E-state index in [4.69, 9.17) is 5.11 Å². The summed E-state index contributed by atoms with van der Waals surface area (Å²) in [5, 5.41) is 18.8. The molecule has 0 aromatic carbocycles. The first-order valence-electron chi connectivity index (χ1n) is 6.85. The number of nitrogens with zero attached hydrogens (tertiary/aromatic N) is 2. The van der Waals surface area contributed by atoms with Gasteiger partial charge in [0.25, 0.3) is 0 Å². The van der Waals surface area contributed by atoms with Gasteiger partial charge in [-0.15, -0.1) is 0 Å². The fraction of sp³-hybridized carbons (Fsp3) is 0.846. The molecule has 4 atom stereocenters. The molecule has 19 heavy (non-hydrogen) atoms. The minimum absolute atomic E-state index is 0.00532. The third kappa shape index (κ3) is 2.83. The molecule has 2 aliphatic rings. The van der Waals surface area contributed by atoms with Crippen LogP contribution in [-0.4, -0.2) is 64.3 Å². The number of carboxylic acid groups (broad SMARTS) is 1. The standard InChI is InChI=1S/C13H22N2O4/c1-8-5-15(7-10(8)12(17)18)13(19)14-4-3-11(16)9(2)6-14/h8-11,16H,3-7H2,1-2H3,(H,17,18). The van der Waals surface area contributed by atoms with E-state index in [-0.39, 0.29) is 24.0 Å². The van der Waals surface area contributed by atoms with Crippen LogP contribution in [0, 0.1) is 17.8 Å². The molecule has 0 radical (unpaired) electrons. The summed E-state index contributed by atoms with van der Waals surface area (Å²) in [6.07, 6.45) is 0.256. The lowest BCUT2D eigenvalue weighted by Gasteiger charge is -2.36. The van der Waals surface area contributed by atoms with Crippen molar-refractivity contribution in [3.05, 3.63) is 0 Å². The molecule has 2 fully saturated rings. The van der Waals surface area contributed by atoms with Gasteiger partial charge >= 0.3 is 12.0 Å². The Hall–Kier alpha value is -1.30. The zero-order chi connectivity index (χ0) is 14.2. The van der Waals surface area contributed by atoms with E-state index >= 15 is 0 Å². The number of piperidine rings is 1. The number of aliphatic hydroxyl groups excluding tert-OH is 1. The Bertz CT molecular complexity index is 374. The number of aliphatic carboxylic acids is 1. The van der Waals surface area contributed by atoms with Crippen molar-refractivity contribution in [3.8, 4) is 0 Å². The summed E-state index contributed by atoms with van der Waals surface area (Å²) in [5.41, 5.74) is 0. The van der Waals surface area contributed by atoms with Crippen molar-refractivity contribution in [2.45, 2.75) is 26.4 Å². The van der Waals surface area contributed by atoms with Crippen LogP contribution in [0.2, 0.25) is 0 Å². The van der Waals surface area contributed by atoms with E-state index in [2.05, 4.69) is 0 Å². The van der Waals surface area contributed by atoms with Gasteiger partial charge in [-0.3, -0.25) is 4.79 Å². The summed E-state index contributed by atoms with van der Waals surface area (Å²) < 4.78 is 0. The monoisotopic (exact) mass is 270 g/mol. The lowest BCUT2D eigenvalue weighted by Crippen LogP contribution is -2.50. The number of hydrogen-bond donors (Lipinski definition) is 2. The van der Waals surface area contributed by atoms with Crippen molar-refractivity contribution < 1.29 is 19.8 Å². The fourth-order valence-corrected chi connectivity index (χ4v) is 2.95. The van der Waals surface area contributed by atoms with E-state index in [1.807, 2.05) is 13.8 Å². The van der Waals surface area contributed by atoms with Crippen LogP contribution >= 0.6 is 0 Å². The first-order chi connectivity index (χ1) is 8.90. The van der Waals surface area contributed by atoms with Gasteiger partial charge in [0.15, 0.2) is 0 Å². The molecule has 4 unspecified atom stereocenters. The molecule has 0 aliphatic carbocycles. The molecule has 0 aromatic heterocycles. The third-order valence-electron chi connectivity index (χ3n) is 4.33. The first-order valence-corrected chi connectivity index (χ1v) is 6.85. The van der Waals surface area contributed by atoms with Gasteiger partial charge in [-0.1, -0.05) is 13.8 Å². The summed E-state index contributed by atoms with van der Waals surface area (Å²) in [7, 11) is 0. The summed E-state index contributed by atoms with van der Waals surface area (Å²) in [4.78, 5) is 26.8. The maximum Gasteiger partial charge on any atom is 0.320 e. The highest BCUT2D eigenvalue weighted by Crippen LogP contribution is 2.25. The van der Waals surface area contributed by atoms with Crippen LogP contribution in [0.4, 0.5) is 4.79 Å². The van der Waals surface area contributed by atoms with Gasteiger partial charge in [0, 0.05) is 26.2 Å². The molecule has 6 nitrogen and oxygen atoms in total. The molecule has 2 saturated heterocycles. The molecule has 0 aromatic rings. The average Bonchev–Trinajstić information content (AvgIpc) is 2.74. The van der Waals surface area contributed by atoms with Gasteiger partial charge in [0.2, 0.25) is 0 Å². The van der Waals surface area contributed by atoms with Crippen LogP contribution in [0.25, 0.3) is 0 Å². The predicted octanol–water partition coefficient (Wildman–Crippen LogP) is 0.462. The average molecular weight is 270 g/mol. The maximum absolute atomic E-state index is 12.3. The van der Waals surface area contributed by atoms with Gasteiger partial charge < -0.3 is 20.0 Å². The predicted molar refractivity (Wildman–Crippen MR) is 68.6 cm³/mol. The first kappa shape index (κ1) is 14.1. The highest BCUT2D eigenvalue weighted by molar-refractivity contribution is 5.77. The van der Waals surface area contributed by atoms with E-state index in [1.165, 1.54) is 0 Å². The third-order valence-corrected chi connectivity index (χ3v) is 4.33. The van der Waals surface area contributed by atoms with E-state index in [9.17, 15) is 14.7 Å². The van der Waals surface area contributed by atoms with Crippen molar-refractivity contribution in [1.82, 2.24) is 9.80 Å². The zero-order valence-electron chi connectivity index (χ0n) is 11.5. The topological polar surface area (TPSA) is 81.1 Å². The van der Waals surface area contributed by atoms with Crippen LogP contribution in [0.3, 0.4) is 0 Å². The van der Waals surface area contributed by atoms with E-state index in [0.29, 0.717) is 32.6 Å². The van der Waals surface area contributed by atoms with Crippen LogP contribution in [-0.2, 0) is 4.79 Å². The van der Waals surface area contributed by atoms with E-state index in [1.54, 1.807) is 9.80 Å². The smallest absolute Gasteiger partial charge is 0.320 e. The Labute approximate surface area is 113 Å². The lowest BCUT2D eigenvalue weighted by molar-refractivity contribution is -0.142. The second-order valence-corrected chi connectivity index (χ2v) is 5.89. The number of carboxylic acids is 1. The molecular formula is C13H22N2O4. The Morgan fingerprint density at radius 2 is 1.68 bits per heavy atom. The van der Waals surface area contributed by atoms with Crippen molar-refractivity contribution in [3.63, 3.8) is 0 Å². The summed E-state index contributed by atoms with van der Waals surface area (Å²) in [6, 6.07) is -0.0886.